The quantitative estimate of drug-likeness (QED) is 0.600. The van der Waals surface area contributed by atoms with E-state index in [0.717, 1.165) is 0 Å². The molecule has 0 aliphatic rings. The summed E-state index contributed by atoms with van der Waals surface area (Å²) in [6.07, 6.45) is -0.144. The highest BCUT2D eigenvalue weighted by atomic mass is 16.6. The van der Waals surface area contributed by atoms with Crippen LogP contribution in [0.3, 0.4) is 0 Å². The fourth-order valence-corrected chi connectivity index (χ4v) is 1.43. The lowest BCUT2D eigenvalue weighted by molar-refractivity contribution is -0.386. The van der Waals surface area contributed by atoms with Gasteiger partial charge in [0.1, 0.15) is 0 Å². The van der Waals surface area contributed by atoms with Gasteiger partial charge in [-0.05, 0) is 26.8 Å². The highest BCUT2D eigenvalue weighted by molar-refractivity contribution is 5.58. The molecule has 0 spiro atoms. The van der Waals surface area contributed by atoms with Crippen molar-refractivity contribution in [2.45, 2.75) is 32.9 Å². The van der Waals surface area contributed by atoms with Crippen molar-refractivity contribution in [2.75, 3.05) is 11.9 Å². The molecule has 6 nitrogen and oxygen atoms in total. The molecule has 0 aliphatic carbocycles. The minimum atomic E-state index is -0.475. The van der Waals surface area contributed by atoms with Crippen molar-refractivity contribution in [1.29, 1.82) is 0 Å². The van der Waals surface area contributed by atoms with Gasteiger partial charge in [0.05, 0.1) is 17.6 Å². The lowest BCUT2D eigenvalue weighted by Gasteiger charge is -2.15. The molecule has 2 N–H and O–H groups in total. The van der Waals surface area contributed by atoms with Crippen molar-refractivity contribution in [1.82, 2.24) is 0 Å². The SMILES string of the molecule is CC(CO)Nc1ccc([N+](=O)[O-])c(OC(C)C)c1. The number of hydrogen-bond donors (Lipinski definition) is 2. The van der Waals surface area contributed by atoms with Crippen LogP contribution in [-0.2, 0) is 0 Å². The monoisotopic (exact) mass is 254 g/mol. The minimum absolute atomic E-state index is 0.0165. The van der Waals surface area contributed by atoms with Crippen LogP contribution in [0.5, 0.6) is 5.75 Å². The molecule has 0 aromatic heterocycles. The van der Waals surface area contributed by atoms with E-state index in [1.165, 1.54) is 6.07 Å². The number of rotatable bonds is 6. The van der Waals surface area contributed by atoms with E-state index >= 15 is 0 Å². The van der Waals surface area contributed by atoms with Crippen LogP contribution in [0, 0.1) is 10.1 Å². The molecule has 100 valence electrons. The van der Waals surface area contributed by atoms with Gasteiger partial charge in [0.15, 0.2) is 5.75 Å². The molecule has 0 saturated heterocycles. The molecule has 0 amide bonds. The van der Waals surface area contributed by atoms with Crippen LogP contribution < -0.4 is 10.1 Å². The molecule has 0 heterocycles. The third-order valence-electron chi connectivity index (χ3n) is 2.21. The first-order valence-corrected chi connectivity index (χ1v) is 5.76. The molecule has 6 heteroatoms. The number of nitro groups is 1. The standard InChI is InChI=1S/C12H18N2O4/c1-8(2)18-12-6-10(13-9(3)7-15)4-5-11(12)14(16)17/h4-6,8-9,13,15H,7H2,1-3H3. The molecular formula is C12H18N2O4. The zero-order valence-electron chi connectivity index (χ0n) is 10.7. The number of hydrogen-bond acceptors (Lipinski definition) is 5. The first-order chi connectivity index (χ1) is 8.43. The number of benzene rings is 1. The van der Waals surface area contributed by atoms with Crippen LogP contribution in [0.25, 0.3) is 0 Å². The largest absolute Gasteiger partial charge is 0.484 e. The van der Waals surface area contributed by atoms with Gasteiger partial charge in [0, 0.05) is 23.9 Å². The maximum absolute atomic E-state index is 10.9. The second-order valence-corrected chi connectivity index (χ2v) is 4.33. The van der Waals surface area contributed by atoms with Gasteiger partial charge in [0.2, 0.25) is 0 Å². The van der Waals surface area contributed by atoms with Gasteiger partial charge in [-0.2, -0.15) is 0 Å². The molecule has 0 aliphatic heterocycles. The lowest BCUT2D eigenvalue weighted by atomic mass is 10.2. The smallest absolute Gasteiger partial charge is 0.311 e. The van der Waals surface area contributed by atoms with Gasteiger partial charge in [-0.3, -0.25) is 10.1 Å². The summed E-state index contributed by atoms with van der Waals surface area (Å²) < 4.78 is 5.42. The Bertz CT molecular complexity index is 421. The topological polar surface area (TPSA) is 84.6 Å². The fraction of sp³-hybridized carbons (Fsp3) is 0.500. The van der Waals surface area contributed by atoms with Gasteiger partial charge >= 0.3 is 5.69 Å². The zero-order chi connectivity index (χ0) is 13.7. The Morgan fingerprint density at radius 3 is 2.61 bits per heavy atom. The van der Waals surface area contributed by atoms with E-state index in [4.69, 9.17) is 9.84 Å². The third kappa shape index (κ3) is 3.89. The maximum Gasteiger partial charge on any atom is 0.311 e. The van der Waals surface area contributed by atoms with Gasteiger partial charge in [0.25, 0.3) is 0 Å². The molecule has 1 aromatic rings. The third-order valence-corrected chi connectivity index (χ3v) is 2.21. The van der Waals surface area contributed by atoms with Crippen molar-refractivity contribution in [3.05, 3.63) is 28.3 Å². The zero-order valence-corrected chi connectivity index (χ0v) is 10.7. The molecular weight excluding hydrogens is 236 g/mol. The Kier molecular flexibility index (Phi) is 4.91. The molecule has 0 saturated carbocycles. The van der Waals surface area contributed by atoms with Gasteiger partial charge in [-0.25, -0.2) is 0 Å². The number of ether oxygens (including phenoxy) is 1. The Balaban J connectivity index is 3.01. The first-order valence-electron chi connectivity index (χ1n) is 5.76. The molecule has 1 aromatic carbocycles. The number of nitrogens with zero attached hydrogens (tertiary/aromatic N) is 1. The van der Waals surface area contributed by atoms with E-state index in [2.05, 4.69) is 5.32 Å². The summed E-state index contributed by atoms with van der Waals surface area (Å²) in [5, 5.41) is 22.8. The number of aliphatic hydroxyl groups is 1. The predicted octanol–water partition coefficient (Wildman–Crippen LogP) is 2.17. The molecule has 1 rings (SSSR count). The summed E-state index contributed by atoms with van der Waals surface area (Å²) in [5.74, 6) is 0.227. The Morgan fingerprint density at radius 2 is 2.11 bits per heavy atom. The van der Waals surface area contributed by atoms with E-state index in [-0.39, 0.29) is 30.2 Å². The summed E-state index contributed by atoms with van der Waals surface area (Å²) in [5.41, 5.74) is 0.615. The molecule has 0 radical (unpaired) electrons. The predicted molar refractivity (Wildman–Crippen MR) is 69.0 cm³/mol. The van der Waals surface area contributed by atoms with Crippen LogP contribution in [-0.4, -0.2) is 28.8 Å². The van der Waals surface area contributed by atoms with E-state index < -0.39 is 4.92 Å². The molecule has 1 atom stereocenters. The fourth-order valence-electron chi connectivity index (χ4n) is 1.43. The Hall–Kier alpha value is -1.82. The highest BCUT2D eigenvalue weighted by Crippen LogP contribution is 2.31. The molecule has 0 bridgehead atoms. The Labute approximate surface area is 106 Å². The van der Waals surface area contributed by atoms with Crippen LogP contribution >= 0.6 is 0 Å². The number of anilines is 1. The summed E-state index contributed by atoms with van der Waals surface area (Å²) >= 11 is 0. The first kappa shape index (κ1) is 14.2. The van der Waals surface area contributed by atoms with E-state index in [0.29, 0.717) is 5.69 Å². The van der Waals surface area contributed by atoms with Crippen molar-refractivity contribution < 1.29 is 14.8 Å². The molecule has 0 fully saturated rings. The van der Waals surface area contributed by atoms with Crippen LogP contribution in [0.1, 0.15) is 20.8 Å². The van der Waals surface area contributed by atoms with E-state index in [1.54, 1.807) is 26.0 Å². The van der Waals surface area contributed by atoms with Crippen LogP contribution in [0.15, 0.2) is 18.2 Å². The van der Waals surface area contributed by atoms with Gasteiger partial charge in [-0.15, -0.1) is 0 Å². The minimum Gasteiger partial charge on any atom is -0.484 e. The highest BCUT2D eigenvalue weighted by Gasteiger charge is 2.17. The lowest BCUT2D eigenvalue weighted by Crippen LogP contribution is -2.19. The second-order valence-electron chi connectivity index (χ2n) is 4.33. The maximum atomic E-state index is 10.9. The normalized spacial score (nSPS) is 12.3. The van der Waals surface area contributed by atoms with Crippen LogP contribution in [0.4, 0.5) is 11.4 Å². The van der Waals surface area contributed by atoms with Crippen LogP contribution in [0.2, 0.25) is 0 Å². The summed E-state index contributed by atoms with van der Waals surface area (Å²) in [6.45, 7) is 5.40. The number of nitrogens with one attached hydrogen (secondary N) is 1. The van der Waals surface area contributed by atoms with Gasteiger partial charge < -0.3 is 15.2 Å². The average molecular weight is 254 g/mol. The van der Waals surface area contributed by atoms with Crippen molar-refractivity contribution >= 4 is 11.4 Å². The summed E-state index contributed by atoms with van der Waals surface area (Å²) in [4.78, 5) is 10.4. The van der Waals surface area contributed by atoms with E-state index in [9.17, 15) is 10.1 Å². The van der Waals surface area contributed by atoms with Crippen molar-refractivity contribution in [3.63, 3.8) is 0 Å². The Morgan fingerprint density at radius 1 is 1.44 bits per heavy atom. The second kappa shape index (κ2) is 6.20. The van der Waals surface area contributed by atoms with E-state index in [1.807, 2.05) is 6.92 Å². The molecule has 1 unspecified atom stereocenters. The number of aliphatic hydroxyl groups excluding tert-OH is 1. The summed E-state index contributed by atoms with van der Waals surface area (Å²) in [6, 6.07) is 4.43. The average Bonchev–Trinajstić information content (AvgIpc) is 2.27. The van der Waals surface area contributed by atoms with Crippen molar-refractivity contribution in [3.8, 4) is 5.75 Å². The summed E-state index contributed by atoms with van der Waals surface area (Å²) in [7, 11) is 0. The van der Waals surface area contributed by atoms with Gasteiger partial charge in [-0.1, -0.05) is 0 Å². The molecule has 18 heavy (non-hydrogen) atoms. The number of nitro benzene ring substituents is 1. The van der Waals surface area contributed by atoms with Crippen molar-refractivity contribution in [2.24, 2.45) is 0 Å².